The highest BCUT2D eigenvalue weighted by atomic mass is 35.5. The van der Waals surface area contributed by atoms with Crippen LogP contribution < -0.4 is 20.4 Å². The van der Waals surface area contributed by atoms with Gasteiger partial charge in [0.15, 0.2) is 5.82 Å². The quantitative estimate of drug-likeness (QED) is 0.485. The zero-order chi connectivity index (χ0) is 22.7. The molecule has 0 radical (unpaired) electrons. The zero-order valence-corrected chi connectivity index (χ0v) is 20.0. The van der Waals surface area contributed by atoms with Gasteiger partial charge < -0.3 is 25.3 Å². The number of halogens is 2. The SMILES string of the molecule is CN1CCN(c2ccc(Nc3ccc(Nc4cc(Cl)ncc4Cl)c(N(C)C)n3)cc2)CC1. The van der Waals surface area contributed by atoms with Gasteiger partial charge in [0.25, 0.3) is 0 Å². The first-order valence-electron chi connectivity index (χ1n) is 10.5. The fourth-order valence-corrected chi connectivity index (χ4v) is 3.89. The van der Waals surface area contributed by atoms with Gasteiger partial charge in [-0.25, -0.2) is 9.97 Å². The third kappa shape index (κ3) is 5.35. The Hall–Kier alpha value is -2.74. The van der Waals surface area contributed by atoms with E-state index < -0.39 is 0 Å². The van der Waals surface area contributed by atoms with Crippen LogP contribution in [0.1, 0.15) is 0 Å². The van der Waals surface area contributed by atoms with Crippen LogP contribution in [0.4, 0.5) is 34.4 Å². The highest BCUT2D eigenvalue weighted by molar-refractivity contribution is 6.34. The number of hydrogen-bond donors (Lipinski definition) is 2. The average molecular weight is 472 g/mol. The van der Waals surface area contributed by atoms with Gasteiger partial charge in [0, 0.05) is 63.9 Å². The number of pyridine rings is 2. The molecule has 1 aromatic carbocycles. The highest BCUT2D eigenvalue weighted by Gasteiger charge is 2.14. The Morgan fingerprint density at radius 1 is 0.906 bits per heavy atom. The van der Waals surface area contributed by atoms with Crippen molar-refractivity contribution < 1.29 is 0 Å². The molecule has 0 atom stereocenters. The van der Waals surface area contributed by atoms with Crippen molar-refractivity contribution in [3.8, 4) is 0 Å². The summed E-state index contributed by atoms with van der Waals surface area (Å²) in [6, 6.07) is 14.1. The Labute approximate surface area is 199 Å². The van der Waals surface area contributed by atoms with Gasteiger partial charge in [-0.15, -0.1) is 0 Å². The molecular weight excluding hydrogens is 445 g/mol. The van der Waals surface area contributed by atoms with Crippen LogP contribution in [0.5, 0.6) is 0 Å². The van der Waals surface area contributed by atoms with Gasteiger partial charge in [-0.1, -0.05) is 23.2 Å². The van der Waals surface area contributed by atoms with Crippen molar-refractivity contribution in [3.05, 3.63) is 58.8 Å². The number of piperazine rings is 1. The van der Waals surface area contributed by atoms with E-state index in [1.54, 1.807) is 6.07 Å². The maximum atomic E-state index is 6.26. The number of anilines is 6. The molecule has 2 N–H and O–H groups in total. The minimum Gasteiger partial charge on any atom is -0.369 e. The van der Waals surface area contributed by atoms with Crippen molar-refractivity contribution in [1.82, 2.24) is 14.9 Å². The van der Waals surface area contributed by atoms with E-state index in [1.807, 2.05) is 31.1 Å². The van der Waals surface area contributed by atoms with Crippen LogP contribution in [0, 0.1) is 0 Å². The Balaban J connectivity index is 1.49. The van der Waals surface area contributed by atoms with Crippen LogP contribution in [0.3, 0.4) is 0 Å². The molecule has 0 unspecified atom stereocenters. The number of aromatic nitrogens is 2. The molecule has 1 aliphatic heterocycles. The molecule has 0 spiro atoms. The summed E-state index contributed by atoms with van der Waals surface area (Å²) in [5.41, 5.74) is 3.73. The molecule has 0 saturated carbocycles. The molecule has 0 bridgehead atoms. The van der Waals surface area contributed by atoms with E-state index in [4.69, 9.17) is 28.2 Å². The standard InChI is InChI=1S/C23H27Cl2N7/c1-30(2)23-19(28-20-14-21(25)26-15-18(20)24)8-9-22(29-23)27-16-4-6-17(7-5-16)32-12-10-31(3)11-13-32/h4-9,14-15H,10-13H2,1-3H3,(H,26,28)(H,27,29). The average Bonchev–Trinajstić information content (AvgIpc) is 2.78. The van der Waals surface area contributed by atoms with Crippen molar-refractivity contribution in [1.29, 1.82) is 0 Å². The minimum absolute atomic E-state index is 0.370. The minimum atomic E-state index is 0.370. The van der Waals surface area contributed by atoms with Gasteiger partial charge in [-0.3, -0.25) is 0 Å². The van der Waals surface area contributed by atoms with Crippen molar-refractivity contribution >= 4 is 57.6 Å². The highest BCUT2D eigenvalue weighted by Crippen LogP contribution is 2.32. The van der Waals surface area contributed by atoms with Crippen molar-refractivity contribution in [2.45, 2.75) is 0 Å². The summed E-state index contributed by atoms with van der Waals surface area (Å²) in [5, 5.41) is 7.56. The van der Waals surface area contributed by atoms with Gasteiger partial charge in [0.1, 0.15) is 11.0 Å². The summed E-state index contributed by atoms with van der Waals surface area (Å²) in [6.07, 6.45) is 1.52. The molecule has 1 saturated heterocycles. The van der Waals surface area contributed by atoms with Crippen molar-refractivity contribution in [2.24, 2.45) is 0 Å². The maximum Gasteiger partial charge on any atom is 0.154 e. The number of benzene rings is 1. The second-order valence-corrected chi connectivity index (χ2v) is 8.83. The van der Waals surface area contributed by atoms with E-state index in [9.17, 15) is 0 Å². The molecule has 4 rings (SSSR count). The van der Waals surface area contributed by atoms with E-state index in [-0.39, 0.29) is 0 Å². The second kappa shape index (κ2) is 9.81. The molecule has 168 valence electrons. The Morgan fingerprint density at radius 2 is 1.62 bits per heavy atom. The van der Waals surface area contributed by atoms with Crippen LogP contribution in [-0.2, 0) is 0 Å². The molecule has 9 heteroatoms. The largest absolute Gasteiger partial charge is 0.369 e. The van der Waals surface area contributed by atoms with Gasteiger partial charge in [-0.2, -0.15) is 0 Å². The smallest absolute Gasteiger partial charge is 0.154 e. The molecule has 3 heterocycles. The molecule has 3 aromatic rings. The molecule has 2 aromatic heterocycles. The molecule has 32 heavy (non-hydrogen) atoms. The van der Waals surface area contributed by atoms with Gasteiger partial charge in [-0.05, 0) is 43.4 Å². The summed E-state index contributed by atoms with van der Waals surface area (Å²) < 4.78 is 0. The monoisotopic (exact) mass is 471 g/mol. The summed E-state index contributed by atoms with van der Waals surface area (Å²) in [7, 11) is 6.06. The lowest BCUT2D eigenvalue weighted by Gasteiger charge is -2.34. The first kappa shape index (κ1) is 22.5. The fourth-order valence-electron chi connectivity index (χ4n) is 3.58. The number of nitrogens with one attached hydrogen (secondary N) is 2. The van der Waals surface area contributed by atoms with Crippen molar-refractivity contribution in [3.63, 3.8) is 0 Å². The zero-order valence-electron chi connectivity index (χ0n) is 18.4. The number of likely N-dealkylation sites (N-methyl/N-ethyl adjacent to an activating group) is 1. The first-order chi connectivity index (χ1) is 15.4. The molecule has 0 amide bonds. The molecular formula is C23H27Cl2N7. The summed E-state index contributed by atoms with van der Waals surface area (Å²) in [6.45, 7) is 4.29. The number of hydrogen-bond acceptors (Lipinski definition) is 7. The van der Waals surface area contributed by atoms with Crippen LogP contribution >= 0.6 is 23.2 Å². The predicted molar refractivity (Wildman–Crippen MR) is 136 cm³/mol. The van der Waals surface area contributed by atoms with E-state index in [1.165, 1.54) is 11.9 Å². The van der Waals surface area contributed by atoms with E-state index >= 15 is 0 Å². The lowest BCUT2D eigenvalue weighted by Crippen LogP contribution is -2.44. The Kier molecular flexibility index (Phi) is 6.89. The lowest BCUT2D eigenvalue weighted by molar-refractivity contribution is 0.313. The molecule has 0 aliphatic carbocycles. The molecule has 1 aliphatic rings. The summed E-state index contributed by atoms with van der Waals surface area (Å²) in [5.74, 6) is 1.53. The first-order valence-corrected chi connectivity index (χ1v) is 11.2. The second-order valence-electron chi connectivity index (χ2n) is 8.04. The molecule has 1 fully saturated rings. The maximum absolute atomic E-state index is 6.26. The third-order valence-corrected chi connectivity index (χ3v) is 5.91. The predicted octanol–water partition coefficient (Wildman–Crippen LogP) is 5.09. The van der Waals surface area contributed by atoms with Crippen LogP contribution in [0.15, 0.2) is 48.7 Å². The van der Waals surface area contributed by atoms with Crippen LogP contribution in [0.25, 0.3) is 0 Å². The van der Waals surface area contributed by atoms with E-state index in [0.717, 1.165) is 49.2 Å². The number of nitrogens with zero attached hydrogens (tertiary/aromatic N) is 5. The summed E-state index contributed by atoms with van der Waals surface area (Å²) in [4.78, 5) is 15.5. The fraction of sp³-hybridized carbons (Fsp3) is 0.304. The lowest BCUT2D eigenvalue weighted by atomic mass is 10.2. The van der Waals surface area contributed by atoms with Gasteiger partial charge in [0.05, 0.1) is 16.4 Å². The third-order valence-electron chi connectivity index (χ3n) is 5.40. The molecule has 7 nitrogen and oxygen atoms in total. The van der Waals surface area contributed by atoms with Crippen LogP contribution in [-0.4, -0.2) is 62.2 Å². The topological polar surface area (TPSA) is 59.6 Å². The Morgan fingerprint density at radius 3 is 2.31 bits per heavy atom. The van der Waals surface area contributed by atoms with Gasteiger partial charge in [0.2, 0.25) is 0 Å². The van der Waals surface area contributed by atoms with E-state index in [2.05, 4.69) is 56.7 Å². The van der Waals surface area contributed by atoms with Gasteiger partial charge >= 0.3 is 0 Å². The van der Waals surface area contributed by atoms with E-state index in [0.29, 0.717) is 15.9 Å². The Bertz CT molecular complexity index is 1060. The normalized spacial score (nSPS) is 14.3. The van der Waals surface area contributed by atoms with Crippen LogP contribution in [0.2, 0.25) is 10.2 Å². The number of rotatable bonds is 6. The summed E-state index contributed by atoms with van der Waals surface area (Å²) >= 11 is 12.3. The van der Waals surface area contributed by atoms with Crippen molar-refractivity contribution in [2.75, 3.05) is 67.8 Å².